The molecule has 4 nitrogen and oxygen atoms in total. The molecule has 0 aliphatic heterocycles. The van der Waals surface area contributed by atoms with Crippen molar-refractivity contribution in [1.29, 1.82) is 0 Å². The van der Waals surface area contributed by atoms with Gasteiger partial charge in [-0.1, -0.05) is 0 Å². The van der Waals surface area contributed by atoms with Crippen LogP contribution < -0.4 is 0 Å². The van der Waals surface area contributed by atoms with Crippen molar-refractivity contribution in [2.45, 2.75) is 11.8 Å². The van der Waals surface area contributed by atoms with Crippen LogP contribution in [-0.4, -0.2) is 32.8 Å². The minimum Gasteiger partial charge on any atom is -0.342 e. The van der Waals surface area contributed by atoms with E-state index in [9.17, 15) is 17.6 Å². The molecule has 1 amide bonds. The number of nitrogens with zero attached hydrogens (tertiary/aromatic N) is 1. The second kappa shape index (κ2) is 5.01. The molecular weight excluding hydrogens is 269 g/mol. The highest BCUT2D eigenvalue weighted by Crippen LogP contribution is 2.19. The first-order valence-corrected chi connectivity index (χ1v) is 7.08. The van der Waals surface area contributed by atoms with Crippen molar-refractivity contribution in [2.24, 2.45) is 0 Å². The maximum atomic E-state index is 13.6. The van der Waals surface area contributed by atoms with E-state index in [1.807, 2.05) is 0 Å². The smallest absolute Gasteiger partial charge is 0.261 e. The summed E-state index contributed by atoms with van der Waals surface area (Å²) in [5.41, 5.74) is -0.182. The van der Waals surface area contributed by atoms with Crippen LogP contribution in [0.3, 0.4) is 0 Å². The predicted octanol–water partition coefficient (Wildman–Crippen LogP) is 1.85. The summed E-state index contributed by atoms with van der Waals surface area (Å²) in [4.78, 5) is 12.6. The van der Waals surface area contributed by atoms with Crippen LogP contribution in [0.2, 0.25) is 0 Å². The molecule has 1 rings (SSSR count). The van der Waals surface area contributed by atoms with Crippen LogP contribution in [0.25, 0.3) is 0 Å². The predicted molar refractivity (Wildman–Crippen MR) is 62.1 cm³/mol. The van der Waals surface area contributed by atoms with Crippen LogP contribution in [0.1, 0.15) is 17.3 Å². The maximum absolute atomic E-state index is 13.6. The molecule has 1 aromatic carbocycles. The molecule has 7 heteroatoms. The highest BCUT2D eigenvalue weighted by molar-refractivity contribution is 8.13. The number of hydrogen-bond acceptors (Lipinski definition) is 3. The first kappa shape index (κ1) is 13.9. The number of amides is 1. The molecule has 0 fully saturated rings. The van der Waals surface area contributed by atoms with Crippen LogP contribution in [0.15, 0.2) is 23.1 Å². The fourth-order valence-corrected chi connectivity index (χ4v) is 1.93. The van der Waals surface area contributed by atoms with Gasteiger partial charge in [-0.3, -0.25) is 4.79 Å². The zero-order chi connectivity index (χ0) is 13.2. The lowest BCUT2D eigenvalue weighted by Crippen LogP contribution is -2.27. The third-order valence-corrected chi connectivity index (χ3v) is 3.63. The summed E-state index contributed by atoms with van der Waals surface area (Å²) in [5.74, 6) is -1.42. The van der Waals surface area contributed by atoms with Crippen molar-refractivity contribution >= 4 is 25.6 Å². The van der Waals surface area contributed by atoms with E-state index in [4.69, 9.17) is 10.7 Å². The number of benzene rings is 1. The van der Waals surface area contributed by atoms with Gasteiger partial charge in [-0.15, -0.1) is 0 Å². The summed E-state index contributed by atoms with van der Waals surface area (Å²) >= 11 is 0. The molecule has 0 saturated heterocycles. The van der Waals surface area contributed by atoms with Crippen molar-refractivity contribution in [3.8, 4) is 0 Å². The Balaban J connectivity index is 3.20. The molecule has 0 saturated carbocycles. The van der Waals surface area contributed by atoms with Gasteiger partial charge in [0.15, 0.2) is 0 Å². The normalized spacial score (nSPS) is 11.3. The Morgan fingerprint density at radius 3 is 2.47 bits per heavy atom. The lowest BCUT2D eigenvalue weighted by molar-refractivity contribution is 0.0797. The number of halogens is 2. The molecule has 0 aliphatic carbocycles. The summed E-state index contributed by atoms with van der Waals surface area (Å²) in [6.45, 7) is 2.17. The van der Waals surface area contributed by atoms with Gasteiger partial charge in [-0.25, -0.2) is 12.8 Å². The topological polar surface area (TPSA) is 54.5 Å². The van der Waals surface area contributed by atoms with E-state index < -0.39 is 20.8 Å². The number of rotatable bonds is 3. The molecule has 0 aliphatic rings. The first-order valence-electron chi connectivity index (χ1n) is 4.77. The molecule has 0 atom stereocenters. The van der Waals surface area contributed by atoms with Crippen LogP contribution in [-0.2, 0) is 9.05 Å². The standard InChI is InChI=1S/C10H11ClFNO3S/c1-3-13(2)10(14)8-5-4-7(6-9(8)12)17(11,15)16/h4-6H,3H2,1-2H3. The third-order valence-electron chi connectivity index (χ3n) is 2.27. The largest absolute Gasteiger partial charge is 0.342 e. The quantitative estimate of drug-likeness (QED) is 0.794. The van der Waals surface area contributed by atoms with Crippen molar-refractivity contribution in [3.63, 3.8) is 0 Å². The lowest BCUT2D eigenvalue weighted by Gasteiger charge is -2.14. The third kappa shape index (κ3) is 3.17. The van der Waals surface area contributed by atoms with E-state index >= 15 is 0 Å². The lowest BCUT2D eigenvalue weighted by atomic mass is 10.2. The average Bonchev–Trinajstić information content (AvgIpc) is 2.25. The molecule has 94 valence electrons. The molecule has 0 radical (unpaired) electrons. The van der Waals surface area contributed by atoms with Gasteiger partial charge < -0.3 is 4.90 Å². The Morgan fingerprint density at radius 1 is 1.47 bits per heavy atom. The summed E-state index contributed by atoms with van der Waals surface area (Å²) in [7, 11) is 2.60. The van der Waals surface area contributed by atoms with Crippen molar-refractivity contribution < 1.29 is 17.6 Å². The van der Waals surface area contributed by atoms with E-state index in [2.05, 4.69) is 0 Å². The first-order chi connectivity index (χ1) is 7.77. The van der Waals surface area contributed by atoms with E-state index in [0.717, 1.165) is 18.2 Å². The molecule has 0 heterocycles. The maximum Gasteiger partial charge on any atom is 0.261 e. The van der Waals surface area contributed by atoms with Gasteiger partial charge in [0.05, 0.1) is 10.5 Å². The van der Waals surface area contributed by atoms with Gasteiger partial charge in [0, 0.05) is 24.3 Å². The number of carbonyl (C=O) groups excluding carboxylic acids is 1. The Labute approximate surface area is 103 Å². The van der Waals surface area contributed by atoms with Crippen LogP contribution >= 0.6 is 10.7 Å². The van der Waals surface area contributed by atoms with Gasteiger partial charge in [-0.2, -0.15) is 0 Å². The second-order valence-corrected chi connectivity index (χ2v) is 5.96. The SMILES string of the molecule is CCN(C)C(=O)c1ccc(S(=O)(=O)Cl)cc1F. The minimum atomic E-state index is -3.99. The van der Waals surface area contributed by atoms with Crippen molar-refractivity contribution in [1.82, 2.24) is 4.90 Å². The van der Waals surface area contributed by atoms with Gasteiger partial charge >= 0.3 is 0 Å². The summed E-state index contributed by atoms with van der Waals surface area (Å²) in [5, 5.41) is 0. The van der Waals surface area contributed by atoms with Gasteiger partial charge in [-0.05, 0) is 25.1 Å². The Hall–Kier alpha value is -1.14. The molecule has 1 aromatic rings. The number of carbonyl (C=O) groups is 1. The Bertz CT molecular complexity index is 544. The zero-order valence-electron chi connectivity index (χ0n) is 9.28. The molecule has 17 heavy (non-hydrogen) atoms. The number of hydrogen-bond donors (Lipinski definition) is 0. The van der Waals surface area contributed by atoms with Crippen molar-refractivity contribution in [3.05, 3.63) is 29.6 Å². The van der Waals surface area contributed by atoms with Crippen molar-refractivity contribution in [2.75, 3.05) is 13.6 Å². The van der Waals surface area contributed by atoms with E-state index in [1.54, 1.807) is 6.92 Å². The monoisotopic (exact) mass is 279 g/mol. The van der Waals surface area contributed by atoms with Crippen LogP contribution in [0.4, 0.5) is 4.39 Å². The zero-order valence-corrected chi connectivity index (χ0v) is 10.8. The van der Waals surface area contributed by atoms with Gasteiger partial charge in [0.1, 0.15) is 5.82 Å². The molecule has 0 aromatic heterocycles. The Kier molecular flexibility index (Phi) is 4.11. The van der Waals surface area contributed by atoms with E-state index in [0.29, 0.717) is 6.54 Å². The van der Waals surface area contributed by atoms with E-state index in [1.165, 1.54) is 11.9 Å². The molecule has 0 N–H and O–H groups in total. The Morgan fingerprint density at radius 2 is 2.06 bits per heavy atom. The summed E-state index contributed by atoms with van der Waals surface area (Å²) in [6, 6.07) is 2.94. The summed E-state index contributed by atoms with van der Waals surface area (Å²) < 4.78 is 35.5. The molecule has 0 unspecified atom stereocenters. The second-order valence-electron chi connectivity index (χ2n) is 3.40. The fraction of sp³-hybridized carbons (Fsp3) is 0.300. The summed E-state index contributed by atoms with van der Waals surface area (Å²) in [6.07, 6.45) is 0. The van der Waals surface area contributed by atoms with Crippen LogP contribution in [0.5, 0.6) is 0 Å². The highest BCUT2D eigenvalue weighted by atomic mass is 35.7. The van der Waals surface area contributed by atoms with Gasteiger partial charge in [0.2, 0.25) is 0 Å². The van der Waals surface area contributed by atoms with Gasteiger partial charge in [0.25, 0.3) is 15.0 Å². The molecule has 0 spiro atoms. The molecule has 0 bridgehead atoms. The van der Waals surface area contributed by atoms with E-state index in [-0.39, 0.29) is 10.5 Å². The average molecular weight is 280 g/mol. The fourth-order valence-electron chi connectivity index (χ4n) is 1.17. The minimum absolute atomic E-state index is 0.182. The molecular formula is C10H11ClFNO3S. The van der Waals surface area contributed by atoms with Crippen LogP contribution in [0, 0.1) is 5.82 Å². The highest BCUT2D eigenvalue weighted by Gasteiger charge is 2.18.